The summed E-state index contributed by atoms with van der Waals surface area (Å²) in [6, 6.07) is 3.75. The maximum absolute atomic E-state index is 9.32. The van der Waals surface area contributed by atoms with E-state index < -0.39 is 0 Å². The molecule has 0 aliphatic rings. The summed E-state index contributed by atoms with van der Waals surface area (Å²) in [4.78, 5) is 4.22. The van der Waals surface area contributed by atoms with Crippen LogP contribution in [0.3, 0.4) is 0 Å². The van der Waals surface area contributed by atoms with Gasteiger partial charge in [-0.05, 0) is 22.6 Å². The fraction of sp³-hybridized carbons (Fsp3) is 0.417. The maximum atomic E-state index is 9.32. The lowest BCUT2D eigenvalue weighted by molar-refractivity contribution is 0.279. The Morgan fingerprint density at radius 1 is 1.33 bits per heavy atom. The van der Waals surface area contributed by atoms with E-state index in [0.29, 0.717) is 0 Å². The fourth-order valence-corrected chi connectivity index (χ4v) is 1.94. The standard InChI is InChI=1S/C12H15NO2/c1-12(2,3)10-8(6-14)4-5-9-11(10)13-7-15-9/h4-5,7,14H,6H2,1-3H3. The normalized spacial score (nSPS) is 12.3. The molecule has 0 radical (unpaired) electrons. The predicted molar refractivity (Wildman–Crippen MR) is 58.6 cm³/mol. The third-order valence-electron chi connectivity index (χ3n) is 2.51. The van der Waals surface area contributed by atoms with Gasteiger partial charge in [0.2, 0.25) is 0 Å². The first kappa shape index (κ1) is 10.2. The molecule has 1 aromatic carbocycles. The van der Waals surface area contributed by atoms with Crippen molar-refractivity contribution in [2.24, 2.45) is 0 Å². The SMILES string of the molecule is CC(C)(C)c1c(CO)ccc2ocnc12. The average molecular weight is 205 g/mol. The molecular weight excluding hydrogens is 190 g/mol. The summed E-state index contributed by atoms with van der Waals surface area (Å²) in [5, 5.41) is 9.32. The van der Waals surface area contributed by atoms with Gasteiger partial charge in [-0.2, -0.15) is 0 Å². The van der Waals surface area contributed by atoms with Gasteiger partial charge in [-0.1, -0.05) is 26.8 Å². The van der Waals surface area contributed by atoms with Crippen LogP contribution in [0.1, 0.15) is 31.9 Å². The first-order chi connectivity index (χ1) is 7.04. The lowest BCUT2D eigenvalue weighted by Gasteiger charge is -2.22. The van der Waals surface area contributed by atoms with Gasteiger partial charge >= 0.3 is 0 Å². The summed E-state index contributed by atoms with van der Waals surface area (Å²) in [6.07, 6.45) is 1.45. The molecule has 0 fully saturated rings. The molecule has 1 heterocycles. The monoisotopic (exact) mass is 205 g/mol. The van der Waals surface area contributed by atoms with Crippen LogP contribution in [-0.2, 0) is 12.0 Å². The van der Waals surface area contributed by atoms with Gasteiger partial charge in [-0.15, -0.1) is 0 Å². The number of hydrogen-bond acceptors (Lipinski definition) is 3. The molecule has 0 bridgehead atoms. The summed E-state index contributed by atoms with van der Waals surface area (Å²) in [5.41, 5.74) is 3.57. The third-order valence-corrected chi connectivity index (χ3v) is 2.51. The molecule has 0 saturated carbocycles. The summed E-state index contributed by atoms with van der Waals surface area (Å²) in [7, 11) is 0. The van der Waals surface area contributed by atoms with E-state index in [2.05, 4.69) is 25.8 Å². The van der Waals surface area contributed by atoms with E-state index in [-0.39, 0.29) is 12.0 Å². The van der Waals surface area contributed by atoms with Crippen LogP contribution in [0, 0.1) is 0 Å². The van der Waals surface area contributed by atoms with E-state index in [0.717, 1.165) is 22.2 Å². The highest BCUT2D eigenvalue weighted by molar-refractivity contribution is 5.79. The number of aliphatic hydroxyl groups excluding tert-OH is 1. The zero-order valence-electron chi connectivity index (χ0n) is 9.24. The summed E-state index contributed by atoms with van der Waals surface area (Å²) in [5.74, 6) is 0. The molecule has 1 N–H and O–H groups in total. The Morgan fingerprint density at radius 3 is 2.67 bits per heavy atom. The minimum absolute atomic E-state index is 0.0371. The average Bonchev–Trinajstić information content (AvgIpc) is 2.61. The zero-order valence-corrected chi connectivity index (χ0v) is 9.24. The van der Waals surface area contributed by atoms with Gasteiger partial charge in [0.25, 0.3) is 0 Å². The van der Waals surface area contributed by atoms with E-state index >= 15 is 0 Å². The van der Waals surface area contributed by atoms with Gasteiger partial charge in [0.15, 0.2) is 12.0 Å². The molecule has 0 aliphatic heterocycles. The van der Waals surface area contributed by atoms with Crippen molar-refractivity contribution in [3.05, 3.63) is 29.7 Å². The molecular formula is C12H15NO2. The molecule has 2 aromatic rings. The van der Waals surface area contributed by atoms with Gasteiger partial charge in [0.05, 0.1) is 6.61 Å². The molecule has 15 heavy (non-hydrogen) atoms. The first-order valence-corrected chi connectivity index (χ1v) is 5.00. The Morgan fingerprint density at radius 2 is 2.07 bits per heavy atom. The molecule has 0 atom stereocenters. The van der Waals surface area contributed by atoms with E-state index in [4.69, 9.17) is 4.42 Å². The molecule has 0 unspecified atom stereocenters. The quantitative estimate of drug-likeness (QED) is 0.778. The van der Waals surface area contributed by atoms with Crippen LogP contribution in [0.25, 0.3) is 11.1 Å². The van der Waals surface area contributed by atoms with E-state index in [1.54, 1.807) is 0 Å². The van der Waals surface area contributed by atoms with E-state index in [9.17, 15) is 5.11 Å². The molecule has 2 rings (SSSR count). The Balaban J connectivity index is 2.80. The first-order valence-electron chi connectivity index (χ1n) is 5.00. The van der Waals surface area contributed by atoms with Crippen LogP contribution in [0.5, 0.6) is 0 Å². The van der Waals surface area contributed by atoms with Gasteiger partial charge in [0.1, 0.15) is 5.52 Å². The van der Waals surface area contributed by atoms with Gasteiger partial charge in [0, 0.05) is 0 Å². The summed E-state index contributed by atoms with van der Waals surface area (Å²) >= 11 is 0. The highest BCUT2D eigenvalue weighted by atomic mass is 16.3. The maximum Gasteiger partial charge on any atom is 0.181 e. The van der Waals surface area contributed by atoms with Crippen molar-refractivity contribution < 1.29 is 9.52 Å². The van der Waals surface area contributed by atoms with Crippen molar-refractivity contribution in [2.45, 2.75) is 32.8 Å². The molecule has 0 aliphatic carbocycles. The van der Waals surface area contributed by atoms with Crippen molar-refractivity contribution >= 4 is 11.1 Å². The van der Waals surface area contributed by atoms with Gasteiger partial charge in [-0.3, -0.25) is 0 Å². The summed E-state index contributed by atoms with van der Waals surface area (Å²) < 4.78 is 5.26. The third kappa shape index (κ3) is 1.63. The van der Waals surface area contributed by atoms with Crippen LogP contribution in [0.4, 0.5) is 0 Å². The molecule has 3 heteroatoms. The second kappa shape index (κ2) is 3.35. The lowest BCUT2D eigenvalue weighted by Crippen LogP contribution is -2.15. The Kier molecular flexibility index (Phi) is 2.27. The Bertz CT molecular complexity index is 480. The number of benzene rings is 1. The number of nitrogens with zero attached hydrogens (tertiary/aromatic N) is 1. The van der Waals surface area contributed by atoms with Crippen LogP contribution >= 0.6 is 0 Å². The van der Waals surface area contributed by atoms with Gasteiger partial charge < -0.3 is 9.52 Å². The minimum atomic E-state index is -0.0472. The minimum Gasteiger partial charge on any atom is -0.443 e. The van der Waals surface area contributed by atoms with Crippen molar-refractivity contribution in [1.82, 2.24) is 4.98 Å². The van der Waals surface area contributed by atoms with Crippen LogP contribution < -0.4 is 0 Å². The van der Waals surface area contributed by atoms with E-state index in [1.165, 1.54) is 6.39 Å². The van der Waals surface area contributed by atoms with Crippen LogP contribution in [0.15, 0.2) is 22.9 Å². The number of aromatic nitrogens is 1. The Labute approximate surface area is 88.7 Å². The molecule has 80 valence electrons. The number of rotatable bonds is 1. The van der Waals surface area contributed by atoms with Crippen LogP contribution in [-0.4, -0.2) is 10.1 Å². The fourth-order valence-electron chi connectivity index (χ4n) is 1.94. The molecule has 0 amide bonds. The number of fused-ring (bicyclic) bond motifs is 1. The summed E-state index contributed by atoms with van der Waals surface area (Å²) in [6.45, 7) is 6.36. The number of hydrogen-bond donors (Lipinski definition) is 1. The van der Waals surface area contributed by atoms with Crippen molar-refractivity contribution in [3.63, 3.8) is 0 Å². The molecule has 1 aromatic heterocycles. The topological polar surface area (TPSA) is 46.3 Å². The number of aliphatic hydroxyl groups is 1. The van der Waals surface area contributed by atoms with Crippen molar-refractivity contribution in [2.75, 3.05) is 0 Å². The smallest absolute Gasteiger partial charge is 0.181 e. The second-order valence-corrected chi connectivity index (χ2v) is 4.71. The van der Waals surface area contributed by atoms with Crippen molar-refractivity contribution in [1.29, 1.82) is 0 Å². The van der Waals surface area contributed by atoms with Gasteiger partial charge in [-0.25, -0.2) is 4.98 Å². The second-order valence-electron chi connectivity index (χ2n) is 4.71. The highest BCUT2D eigenvalue weighted by Crippen LogP contribution is 2.32. The van der Waals surface area contributed by atoms with Crippen LogP contribution in [0.2, 0.25) is 0 Å². The Hall–Kier alpha value is -1.35. The molecule has 3 nitrogen and oxygen atoms in total. The predicted octanol–water partition coefficient (Wildman–Crippen LogP) is 2.62. The lowest BCUT2D eigenvalue weighted by atomic mass is 9.83. The highest BCUT2D eigenvalue weighted by Gasteiger charge is 2.22. The molecule has 0 saturated heterocycles. The largest absolute Gasteiger partial charge is 0.443 e. The zero-order chi connectivity index (χ0) is 11.1. The van der Waals surface area contributed by atoms with E-state index in [1.807, 2.05) is 12.1 Å². The van der Waals surface area contributed by atoms with Crippen molar-refractivity contribution in [3.8, 4) is 0 Å². The number of oxazole rings is 1. The molecule has 0 spiro atoms.